The van der Waals surface area contributed by atoms with Crippen LogP contribution in [0, 0.1) is 0 Å². The van der Waals surface area contributed by atoms with Crippen LogP contribution in [0.3, 0.4) is 0 Å². The molecule has 1 aromatic carbocycles. The fourth-order valence-corrected chi connectivity index (χ4v) is 2.12. The number of aromatic nitrogens is 2. The van der Waals surface area contributed by atoms with E-state index in [4.69, 9.17) is 5.11 Å². The van der Waals surface area contributed by atoms with E-state index in [0.29, 0.717) is 0 Å². The van der Waals surface area contributed by atoms with E-state index in [1.54, 1.807) is 12.4 Å². The Labute approximate surface area is 115 Å². The summed E-state index contributed by atoms with van der Waals surface area (Å²) in [4.78, 5) is 14.6. The molecule has 1 N–H and O–H groups in total. The van der Waals surface area contributed by atoms with Gasteiger partial charge in [0.2, 0.25) is 0 Å². The maximum absolute atomic E-state index is 10.5. The van der Waals surface area contributed by atoms with Gasteiger partial charge in [-0.25, -0.2) is 9.78 Å². The van der Waals surface area contributed by atoms with Gasteiger partial charge in [-0.15, -0.1) is 0 Å². The number of carboxylic acid groups (broad SMARTS) is 1. The van der Waals surface area contributed by atoms with Gasteiger partial charge in [0.15, 0.2) is 0 Å². The highest BCUT2D eigenvalue weighted by Crippen LogP contribution is 2.21. The standard InChI is InChI=1S/C16H12N2O2/c19-16(20)9-6-12-4-7-13(8-5-12)15-3-1-2-14-10-17-11-18(14)15/h1-11H,(H,19,20)/b9-6+. The van der Waals surface area contributed by atoms with E-state index in [0.717, 1.165) is 28.4 Å². The van der Waals surface area contributed by atoms with Crippen LogP contribution in [0.2, 0.25) is 0 Å². The predicted molar refractivity (Wildman–Crippen MR) is 77.3 cm³/mol. The number of benzene rings is 1. The van der Waals surface area contributed by atoms with Crippen molar-refractivity contribution in [2.24, 2.45) is 0 Å². The van der Waals surface area contributed by atoms with Crippen LogP contribution >= 0.6 is 0 Å². The van der Waals surface area contributed by atoms with E-state index in [-0.39, 0.29) is 0 Å². The minimum Gasteiger partial charge on any atom is -0.478 e. The molecule has 0 fully saturated rings. The minimum absolute atomic E-state index is 0.856. The van der Waals surface area contributed by atoms with Crippen LogP contribution in [0.15, 0.2) is 61.1 Å². The highest BCUT2D eigenvalue weighted by atomic mass is 16.4. The van der Waals surface area contributed by atoms with E-state index in [9.17, 15) is 4.79 Å². The van der Waals surface area contributed by atoms with Gasteiger partial charge in [0, 0.05) is 6.08 Å². The summed E-state index contributed by atoms with van der Waals surface area (Å²) >= 11 is 0. The largest absolute Gasteiger partial charge is 0.478 e. The zero-order valence-corrected chi connectivity index (χ0v) is 10.6. The summed E-state index contributed by atoms with van der Waals surface area (Å²) in [6.07, 6.45) is 6.30. The molecule has 2 aromatic heterocycles. The molecule has 0 aliphatic heterocycles. The lowest BCUT2D eigenvalue weighted by atomic mass is 10.1. The first-order valence-electron chi connectivity index (χ1n) is 6.16. The highest BCUT2D eigenvalue weighted by Gasteiger charge is 2.02. The molecular weight excluding hydrogens is 252 g/mol. The normalized spacial score (nSPS) is 11.2. The molecule has 3 rings (SSSR count). The van der Waals surface area contributed by atoms with Crippen molar-refractivity contribution < 1.29 is 9.90 Å². The van der Waals surface area contributed by atoms with Crippen LogP contribution in [0.1, 0.15) is 5.56 Å². The number of fused-ring (bicyclic) bond motifs is 1. The summed E-state index contributed by atoms with van der Waals surface area (Å²) in [6.45, 7) is 0. The van der Waals surface area contributed by atoms with Gasteiger partial charge in [0.1, 0.15) is 0 Å². The van der Waals surface area contributed by atoms with Crippen molar-refractivity contribution in [3.8, 4) is 11.3 Å². The Hall–Kier alpha value is -2.88. The molecule has 0 aliphatic rings. The lowest BCUT2D eigenvalue weighted by molar-refractivity contribution is -0.131. The summed E-state index contributed by atoms with van der Waals surface area (Å²) in [5, 5.41) is 8.61. The molecule has 0 radical (unpaired) electrons. The van der Waals surface area contributed by atoms with Gasteiger partial charge in [-0.3, -0.25) is 4.40 Å². The first-order valence-corrected chi connectivity index (χ1v) is 6.16. The van der Waals surface area contributed by atoms with Crippen molar-refractivity contribution in [2.75, 3.05) is 0 Å². The van der Waals surface area contributed by atoms with Crippen LogP contribution in [0.4, 0.5) is 0 Å². The second-order valence-corrected chi connectivity index (χ2v) is 4.39. The van der Waals surface area contributed by atoms with Gasteiger partial charge < -0.3 is 5.11 Å². The quantitative estimate of drug-likeness (QED) is 0.739. The summed E-state index contributed by atoms with van der Waals surface area (Å²) in [5.74, 6) is -0.947. The topological polar surface area (TPSA) is 54.6 Å². The molecule has 0 atom stereocenters. The van der Waals surface area contributed by atoms with E-state index in [1.807, 2.05) is 53.1 Å². The summed E-state index contributed by atoms with van der Waals surface area (Å²) in [6, 6.07) is 13.7. The Bertz CT molecular complexity index is 786. The average molecular weight is 264 g/mol. The molecule has 4 heteroatoms. The Balaban J connectivity index is 1.99. The van der Waals surface area contributed by atoms with Crippen molar-refractivity contribution in [3.05, 3.63) is 66.6 Å². The number of hydrogen-bond acceptors (Lipinski definition) is 2. The van der Waals surface area contributed by atoms with Gasteiger partial charge in [-0.1, -0.05) is 30.3 Å². The van der Waals surface area contributed by atoms with Crippen molar-refractivity contribution in [3.63, 3.8) is 0 Å². The Morgan fingerprint density at radius 3 is 2.70 bits per heavy atom. The molecule has 0 bridgehead atoms. The third-order valence-corrected chi connectivity index (χ3v) is 3.07. The number of carbonyl (C=O) groups is 1. The molecule has 20 heavy (non-hydrogen) atoms. The summed E-state index contributed by atoms with van der Waals surface area (Å²) < 4.78 is 2.02. The lowest BCUT2D eigenvalue weighted by Gasteiger charge is -2.06. The molecule has 0 saturated carbocycles. The van der Waals surface area contributed by atoms with Gasteiger partial charge >= 0.3 is 5.97 Å². The first-order chi connectivity index (χ1) is 9.74. The van der Waals surface area contributed by atoms with Gasteiger partial charge in [-0.05, 0) is 29.3 Å². The number of aliphatic carboxylic acids is 1. The van der Waals surface area contributed by atoms with E-state index in [2.05, 4.69) is 4.98 Å². The smallest absolute Gasteiger partial charge is 0.328 e. The molecule has 0 amide bonds. The minimum atomic E-state index is -0.947. The molecule has 0 unspecified atom stereocenters. The Morgan fingerprint density at radius 1 is 1.15 bits per heavy atom. The third-order valence-electron chi connectivity index (χ3n) is 3.07. The van der Waals surface area contributed by atoms with Crippen molar-refractivity contribution >= 4 is 17.6 Å². The third kappa shape index (κ3) is 2.31. The fourth-order valence-electron chi connectivity index (χ4n) is 2.12. The molecule has 3 aromatic rings. The zero-order chi connectivity index (χ0) is 13.9. The number of rotatable bonds is 3. The average Bonchev–Trinajstić information content (AvgIpc) is 2.94. The predicted octanol–water partition coefficient (Wildman–Crippen LogP) is 3.10. The number of imidazole rings is 1. The number of pyridine rings is 1. The van der Waals surface area contributed by atoms with E-state index < -0.39 is 5.97 Å². The second-order valence-electron chi connectivity index (χ2n) is 4.39. The molecule has 98 valence electrons. The van der Waals surface area contributed by atoms with E-state index >= 15 is 0 Å². The number of carboxylic acids is 1. The van der Waals surface area contributed by atoms with Crippen LogP contribution in [-0.2, 0) is 4.79 Å². The van der Waals surface area contributed by atoms with Crippen LogP contribution in [-0.4, -0.2) is 20.5 Å². The zero-order valence-electron chi connectivity index (χ0n) is 10.6. The molecular formula is C16H12N2O2. The van der Waals surface area contributed by atoms with Gasteiger partial charge in [0.25, 0.3) is 0 Å². The molecule has 0 aliphatic carbocycles. The monoisotopic (exact) mass is 264 g/mol. The molecule has 0 saturated heterocycles. The van der Waals surface area contributed by atoms with Gasteiger partial charge in [-0.2, -0.15) is 0 Å². The second kappa shape index (κ2) is 5.01. The fraction of sp³-hybridized carbons (Fsp3) is 0. The van der Waals surface area contributed by atoms with E-state index in [1.165, 1.54) is 0 Å². The molecule has 0 spiro atoms. The Kier molecular flexibility index (Phi) is 3.05. The van der Waals surface area contributed by atoms with Crippen molar-refractivity contribution in [1.29, 1.82) is 0 Å². The van der Waals surface area contributed by atoms with Crippen molar-refractivity contribution in [2.45, 2.75) is 0 Å². The summed E-state index contributed by atoms with van der Waals surface area (Å²) in [5.41, 5.74) is 4.00. The maximum Gasteiger partial charge on any atom is 0.328 e. The van der Waals surface area contributed by atoms with Crippen LogP contribution in [0.25, 0.3) is 22.9 Å². The maximum atomic E-state index is 10.5. The first kappa shape index (κ1) is 12.2. The Morgan fingerprint density at radius 2 is 1.95 bits per heavy atom. The molecule has 4 nitrogen and oxygen atoms in total. The highest BCUT2D eigenvalue weighted by molar-refractivity contribution is 5.85. The van der Waals surface area contributed by atoms with Crippen molar-refractivity contribution in [1.82, 2.24) is 9.38 Å². The lowest BCUT2D eigenvalue weighted by Crippen LogP contribution is -1.90. The number of nitrogens with zero attached hydrogens (tertiary/aromatic N) is 2. The molecule has 2 heterocycles. The van der Waals surface area contributed by atoms with Crippen LogP contribution < -0.4 is 0 Å². The van der Waals surface area contributed by atoms with Gasteiger partial charge in [0.05, 0.1) is 23.7 Å². The summed E-state index contributed by atoms with van der Waals surface area (Å²) in [7, 11) is 0. The number of hydrogen-bond donors (Lipinski definition) is 1. The SMILES string of the molecule is O=C(O)/C=C/c1ccc(-c2cccc3cncn23)cc1. The van der Waals surface area contributed by atoms with Crippen LogP contribution in [0.5, 0.6) is 0 Å².